The SMILES string of the molecule is COc1cc2c(Oc3ccc4c(c3F)C=C(C)C4)ncnc2cc1OCCCC(=O)N1CCC2(CC1)COC2.COc1cc2c(Oc3ccc4c(c3F)C=C(C)C4)ncnc2cc1OCCCC(=O)O. The summed E-state index contributed by atoms with van der Waals surface area (Å²) in [6, 6.07) is 13.8. The van der Waals surface area contributed by atoms with Crippen LogP contribution < -0.4 is 28.4 Å². The number of amides is 1. The third-order valence-electron chi connectivity index (χ3n) is 12.9. The molecule has 2 aliphatic carbocycles. The predicted octanol–water partition coefficient (Wildman–Crippen LogP) is 10.1. The van der Waals surface area contributed by atoms with Gasteiger partial charge in [-0.05, 0) is 87.8 Å². The zero-order chi connectivity index (χ0) is 48.9. The van der Waals surface area contributed by atoms with Crippen molar-refractivity contribution in [1.29, 1.82) is 0 Å². The minimum atomic E-state index is -0.881. The van der Waals surface area contributed by atoms with Crippen molar-refractivity contribution in [3.05, 3.63) is 106 Å². The average molecular weight is 958 g/mol. The molecular weight excluding hydrogens is 905 g/mol. The van der Waals surface area contributed by atoms with Gasteiger partial charge in [0.1, 0.15) is 12.7 Å². The maximum absolute atomic E-state index is 15.2. The fraction of sp³-hybridized carbons (Fsp3) is 0.358. The number of nitrogens with zero attached hydrogens (tertiary/aromatic N) is 5. The number of fused-ring (bicyclic) bond motifs is 4. The molecule has 10 rings (SSSR count). The standard InChI is InChI=1S/C30H32FN3O5.C23H21FN2O5/c1-19-12-20-5-6-24(28(31)21(20)13-19)39-29-22-14-25(36-2)26(15-23(22)32-18-33-29)38-11-3-4-27(35)34-9-7-30(8-10-34)16-37-17-30;1-13-8-14-5-6-18(22(24)15(14)9-13)31-23-16-10-19(29-2)20(11-17(16)25-12-26-23)30-7-3-4-21(27)28/h5-6,13-15,18H,3-4,7-12,16-17H2,1-2H3;5-6,9-12H,3-4,7-8H2,1-2H3,(H,27,28). The van der Waals surface area contributed by atoms with Crippen LogP contribution in [-0.4, -0.2) is 95.6 Å². The quantitative estimate of drug-likeness (QED) is 0.0908. The number of hydrogen-bond donors (Lipinski definition) is 1. The molecule has 6 aromatic rings. The van der Waals surface area contributed by atoms with Gasteiger partial charge in [0.15, 0.2) is 46.1 Å². The van der Waals surface area contributed by atoms with E-state index >= 15 is 4.39 Å². The lowest BCUT2D eigenvalue weighted by Crippen LogP contribution is -2.52. The number of carboxylic acids is 1. The van der Waals surface area contributed by atoms with Gasteiger partial charge in [0.05, 0.1) is 62.5 Å². The van der Waals surface area contributed by atoms with E-state index in [4.69, 9.17) is 38.3 Å². The number of aromatic nitrogens is 4. The first-order valence-corrected chi connectivity index (χ1v) is 23.2. The summed E-state index contributed by atoms with van der Waals surface area (Å²) in [5.74, 6) is 0.886. The highest BCUT2D eigenvalue weighted by molar-refractivity contribution is 5.88. The van der Waals surface area contributed by atoms with E-state index in [1.807, 2.05) is 43.0 Å². The first-order valence-electron chi connectivity index (χ1n) is 23.2. The fourth-order valence-electron chi connectivity index (χ4n) is 9.07. The molecule has 17 heteroatoms. The number of carboxylic acid groups (broad SMARTS) is 1. The van der Waals surface area contributed by atoms with Gasteiger partial charge in [-0.2, -0.15) is 0 Å². The second-order valence-corrected chi connectivity index (χ2v) is 18.0. The smallest absolute Gasteiger partial charge is 0.303 e. The zero-order valence-corrected chi connectivity index (χ0v) is 39.4. The van der Waals surface area contributed by atoms with Crippen LogP contribution in [0.15, 0.2) is 72.3 Å². The second-order valence-electron chi connectivity index (χ2n) is 18.0. The number of halogens is 2. The van der Waals surface area contributed by atoms with Crippen LogP contribution in [0, 0.1) is 17.0 Å². The van der Waals surface area contributed by atoms with Crippen molar-refractivity contribution in [1.82, 2.24) is 24.8 Å². The van der Waals surface area contributed by atoms with Crippen molar-refractivity contribution >= 4 is 45.8 Å². The number of likely N-dealkylation sites (tertiary alicyclic amines) is 1. The highest BCUT2D eigenvalue weighted by Gasteiger charge is 2.41. The summed E-state index contributed by atoms with van der Waals surface area (Å²) in [6.07, 6.45) is 11.3. The fourth-order valence-corrected chi connectivity index (χ4v) is 9.07. The minimum Gasteiger partial charge on any atom is -0.493 e. The number of aliphatic carboxylic acids is 1. The summed E-state index contributed by atoms with van der Waals surface area (Å²) >= 11 is 0. The van der Waals surface area contributed by atoms with Crippen LogP contribution in [0.3, 0.4) is 0 Å². The van der Waals surface area contributed by atoms with Gasteiger partial charge in [-0.25, -0.2) is 28.7 Å². The van der Waals surface area contributed by atoms with Crippen LogP contribution in [0.5, 0.6) is 46.3 Å². The number of rotatable bonds is 16. The normalized spacial score (nSPS) is 15.3. The molecular formula is C53H53F2N5O10. The molecule has 4 aromatic carbocycles. The Morgan fingerprint density at radius 1 is 0.671 bits per heavy atom. The van der Waals surface area contributed by atoms with Crippen LogP contribution in [0.1, 0.15) is 74.6 Å². The Morgan fingerprint density at radius 3 is 1.60 bits per heavy atom. The van der Waals surface area contributed by atoms with E-state index in [2.05, 4.69) is 19.9 Å². The van der Waals surface area contributed by atoms with Crippen molar-refractivity contribution in [3.63, 3.8) is 0 Å². The highest BCUT2D eigenvalue weighted by atomic mass is 19.1. The van der Waals surface area contributed by atoms with E-state index in [1.54, 1.807) is 43.5 Å². The van der Waals surface area contributed by atoms with E-state index in [1.165, 1.54) is 19.8 Å². The number of methoxy groups -OCH3 is 2. The number of carbonyl (C=O) groups is 2. The maximum atomic E-state index is 15.2. The lowest BCUT2D eigenvalue weighted by Gasteiger charge is -2.47. The molecule has 15 nitrogen and oxygen atoms in total. The van der Waals surface area contributed by atoms with Gasteiger partial charge in [0.2, 0.25) is 17.7 Å². The predicted molar refractivity (Wildman–Crippen MR) is 256 cm³/mol. The van der Waals surface area contributed by atoms with Crippen LogP contribution in [0.25, 0.3) is 34.0 Å². The second kappa shape index (κ2) is 20.7. The van der Waals surface area contributed by atoms with Gasteiger partial charge in [-0.15, -0.1) is 0 Å². The van der Waals surface area contributed by atoms with Gasteiger partial charge in [0.25, 0.3) is 0 Å². The molecule has 0 atom stereocenters. The molecule has 2 aromatic heterocycles. The number of piperidine rings is 1. The Labute approximate surface area is 403 Å². The Balaban J connectivity index is 0.000000179. The molecule has 4 heterocycles. The number of benzene rings is 4. The number of hydrogen-bond acceptors (Lipinski definition) is 13. The first kappa shape index (κ1) is 47.7. The Morgan fingerprint density at radius 2 is 1.16 bits per heavy atom. The van der Waals surface area contributed by atoms with E-state index in [9.17, 15) is 14.0 Å². The van der Waals surface area contributed by atoms with Crippen LogP contribution in [0.2, 0.25) is 0 Å². The summed E-state index contributed by atoms with van der Waals surface area (Å²) < 4.78 is 69.9. The van der Waals surface area contributed by atoms with E-state index in [0.717, 1.165) is 74.3 Å². The monoisotopic (exact) mass is 957 g/mol. The summed E-state index contributed by atoms with van der Waals surface area (Å²) in [7, 11) is 3.04. The number of carbonyl (C=O) groups excluding carboxylic acids is 1. The molecule has 1 spiro atoms. The van der Waals surface area contributed by atoms with Crippen LogP contribution in [-0.2, 0) is 27.2 Å². The van der Waals surface area contributed by atoms with Gasteiger partial charge in [-0.3, -0.25) is 9.59 Å². The molecule has 2 aliphatic heterocycles. The Kier molecular flexibility index (Phi) is 14.1. The van der Waals surface area contributed by atoms with Crippen LogP contribution >= 0.6 is 0 Å². The molecule has 1 N–H and O–H groups in total. The van der Waals surface area contributed by atoms with Crippen molar-refractivity contribution in [2.75, 3.05) is 53.7 Å². The minimum absolute atomic E-state index is 0.0110. The van der Waals surface area contributed by atoms with Crippen molar-refractivity contribution in [2.24, 2.45) is 5.41 Å². The van der Waals surface area contributed by atoms with Crippen molar-refractivity contribution in [3.8, 4) is 46.3 Å². The van der Waals surface area contributed by atoms with Crippen molar-refractivity contribution in [2.45, 2.75) is 65.2 Å². The summed E-state index contributed by atoms with van der Waals surface area (Å²) in [6.45, 7) is 7.79. The molecule has 0 unspecified atom stereocenters. The zero-order valence-electron chi connectivity index (χ0n) is 39.4. The van der Waals surface area contributed by atoms with Gasteiger partial charge in [-0.1, -0.05) is 35.4 Å². The topological polar surface area (TPSA) is 174 Å². The van der Waals surface area contributed by atoms with Crippen LogP contribution in [0.4, 0.5) is 8.78 Å². The van der Waals surface area contributed by atoms with Gasteiger partial charge < -0.3 is 43.2 Å². The van der Waals surface area contributed by atoms with E-state index in [-0.39, 0.29) is 42.2 Å². The molecule has 1 amide bonds. The van der Waals surface area contributed by atoms with E-state index < -0.39 is 17.6 Å². The number of ether oxygens (including phenoxy) is 7. The Bertz CT molecular complexity index is 3040. The van der Waals surface area contributed by atoms with Crippen molar-refractivity contribution < 1.29 is 56.6 Å². The highest BCUT2D eigenvalue weighted by Crippen LogP contribution is 2.42. The average Bonchev–Trinajstić information content (AvgIpc) is 3.94. The summed E-state index contributed by atoms with van der Waals surface area (Å²) in [4.78, 5) is 42.3. The third kappa shape index (κ3) is 10.3. The largest absolute Gasteiger partial charge is 0.493 e. The molecule has 4 aliphatic rings. The molecule has 70 heavy (non-hydrogen) atoms. The molecule has 364 valence electrons. The third-order valence-corrected chi connectivity index (χ3v) is 12.9. The lowest BCUT2D eigenvalue weighted by molar-refractivity contribution is -0.153. The van der Waals surface area contributed by atoms with E-state index in [0.29, 0.717) is 87.2 Å². The molecule has 2 saturated heterocycles. The molecule has 0 bridgehead atoms. The molecule has 0 radical (unpaired) electrons. The lowest BCUT2D eigenvalue weighted by atomic mass is 9.77. The van der Waals surface area contributed by atoms with Gasteiger partial charge >= 0.3 is 5.97 Å². The Hall–Kier alpha value is -7.40. The van der Waals surface area contributed by atoms with Gasteiger partial charge in [0, 0.05) is 54.6 Å². The summed E-state index contributed by atoms with van der Waals surface area (Å²) in [5.41, 5.74) is 6.60. The maximum Gasteiger partial charge on any atom is 0.303 e. The molecule has 2 fully saturated rings. The summed E-state index contributed by atoms with van der Waals surface area (Å²) in [5, 5.41) is 9.85. The molecule has 0 saturated carbocycles. The first-order chi connectivity index (χ1) is 33.9. The number of allylic oxidation sites excluding steroid dienone is 2.